The van der Waals surface area contributed by atoms with Gasteiger partial charge in [-0.3, -0.25) is 10.2 Å². The fourth-order valence-corrected chi connectivity index (χ4v) is 4.33. The number of nitrogens with zero attached hydrogens (tertiary/aromatic N) is 3. The van der Waals surface area contributed by atoms with E-state index in [2.05, 4.69) is 39.1 Å². The van der Waals surface area contributed by atoms with Gasteiger partial charge in [-0.1, -0.05) is 6.07 Å². The minimum absolute atomic E-state index is 0.210. The van der Waals surface area contributed by atoms with E-state index in [1.165, 1.54) is 17.7 Å². The highest BCUT2D eigenvalue weighted by molar-refractivity contribution is 7.10. The van der Waals surface area contributed by atoms with Gasteiger partial charge in [0.1, 0.15) is 11.9 Å². The summed E-state index contributed by atoms with van der Waals surface area (Å²) in [5.41, 5.74) is 0.306. The third-order valence-corrected chi connectivity index (χ3v) is 5.80. The molecule has 144 valence electrons. The predicted octanol–water partition coefficient (Wildman–Crippen LogP) is 4.13. The Hall–Kier alpha value is -2.30. The maximum Gasteiger partial charge on any atom is 0.320 e. The number of hydrogen-bond donors (Lipinski definition) is 2. The molecule has 2 N–H and O–H groups in total. The van der Waals surface area contributed by atoms with Crippen molar-refractivity contribution >= 4 is 23.2 Å². The number of thiophene rings is 1. The summed E-state index contributed by atoms with van der Waals surface area (Å²) in [5, 5.41) is 17.2. The summed E-state index contributed by atoms with van der Waals surface area (Å²) < 4.78 is 1.92. The lowest BCUT2D eigenvalue weighted by Gasteiger charge is -2.27. The molecule has 0 aromatic carbocycles. The van der Waals surface area contributed by atoms with Crippen LogP contribution in [-0.2, 0) is 5.54 Å². The van der Waals surface area contributed by atoms with Gasteiger partial charge in [-0.2, -0.15) is 5.26 Å². The molecule has 0 saturated carbocycles. The minimum Gasteiger partial charge on any atom is -0.336 e. The summed E-state index contributed by atoms with van der Waals surface area (Å²) in [6.07, 6.45) is 4.20. The van der Waals surface area contributed by atoms with Crippen molar-refractivity contribution < 1.29 is 4.79 Å². The zero-order valence-electron chi connectivity index (χ0n) is 16.2. The molecule has 3 rings (SSSR count). The van der Waals surface area contributed by atoms with Crippen LogP contribution in [0.3, 0.4) is 0 Å². The van der Waals surface area contributed by atoms with Crippen LogP contribution in [0.4, 0.5) is 10.6 Å². The zero-order valence-corrected chi connectivity index (χ0v) is 17.0. The second-order valence-electron chi connectivity index (χ2n) is 7.88. The first-order valence-electron chi connectivity index (χ1n) is 9.34. The molecule has 0 aliphatic carbocycles. The molecule has 2 aromatic rings. The fourth-order valence-electron chi connectivity index (χ4n) is 3.47. The summed E-state index contributed by atoms with van der Waals surface area (Å²) in [5.74, 6) is 0.630. The van der Waals surface area contributed by atoms with Crippen LogP contribution in [0.2, 0.25) is 0 Å². The molecule has 1 fully saturated rings. The standard InChI is InChI=1S/C20H27N5OS/c1-20(2,3)25-14-15(12-21)11-18(25)23-19(26)22-13-16(17-7-6-10-27-17)24-8-4-5-9-24/h6-7,10-11,14,16H,4-5,8-9,13H2,1-3H3,(H2,22,23,26)/t16-/m1/s1. The van der Waals surface area contributed by atoms with Crippen LogP contribution in [0, 0.1) is 11.3 Å². The van der Waals surface area contributed by atoms with Crippen LogP contribution in [-0.4, -0.2) is 35.1 Å². The normalized spacial score (nSPS) is 16.1. The molecule has 6 nitrogen and oxygen atoms in total. The van der Waals surface area contributed by atoms with Gasteiger partial charge in [0, 0.05) is 23.2 Å². The molecule has 27 heavy (non-hydrogen) atoms. The number of nitrogens with one attached hydrogen (secondary N) is 2. The highest BCUT2D eigenvalue weighted by atomic mass is 32.1. The lowest BCUT2D eigenvalue weighted by molar-refractivity contribution is 0.229. The maximum atomic E-state index is 12.5. The van der Waals surface area contributed by atoms with E-state index >= 15 is 0 Å². The molecule has 2 aromatic heterocycles. The molecule has 1 saturated heterocycles. The van der Waals surface area contributed by atoms with E-state index in [1.54, 1.807) is 23.6 Å². The number of rotatable bonds is 5. The van der Waals surface area contributed by atoms with Crippen molar-refractivity contribution in [1.29, 1.82) is 5.26 Å². The van der Waals surface area contributed by atoms with Gasteiger partial charge in [-0.05, 0) is 64.2 Å². The van der Waals surface area contributed by atoms with E-state index in [9.17, 15) is 10.1 Å². The van der Waals surface area contributed by atoms with Crippen molar-refractivity contribution in [3.8, 4) is 6.07 Å². The average molecular weight is 386 g/mol. The summed E-state index contributed by atoms with van der Waals surface area (Å²) in [7, 11) is 0. The van der Waals surface area contributed by atoms with Gasteiger partial charge in [-0.15, -0.1) is 11.3 Å². The molecule has 0 spiro atoms. The SMILES string of the molecule is CC(C)(C)n1cc(C#N)cc1NC(=O)NC[C@H](c1cccs1)N1CCCC1. The van der Waals surface area contributed by atoms with Crippen molar-refractivity contribution in [1.82, 2.24) is 14.8 Å². The lowest BCUT2D eigenvalue weighted by Crippen LogP contribution is -2.39. The Morgan fingerprint density at radius 3 is 2.70 bits per heavy atom. The number of nitriles is 1. The first kappa shape index (κ1) is 19.5. The Balaban J connectivity index is 1.67. The highest BCUT2D eigenvalue weighted by Crippen LogP contribution is 2.28. The number of carbonyl (C=O) groups excluding carboxylic acids is 1. The van der Waals surface area contributed by atoms with E-state index in [0.717, 1.165) is 13.1 Å². The highest BCUT2D eigenvalue weighted by Gasteiger charge is 2.25. The summed E-state index contributed by atoms with van der Waals surface area (Å²) in [6.45, 7) is 8.83. The van der Waals surface area contributed by atoms with Crippen LogP contribution in [0.1, 0.15) is 50.1 Å². The smallest absolute Gasteiger partial charge is 0.320 e. The number of aromatic nitrogens is 1. The second-order valence-corrected chi connectivity index (χ2v) is 8.86. The molecular weight excluding hydrogens is 358 g/mol. The Bertz CT molecular complexity index is 807. The number of carbonyl (C=O) groups is 1. The van der Waals surface area contributed by atoms with E-state index in [1.807, 2.05) is 25.3 Å². The van der Waals surface area contributed by atoms with Gasteiger partial charge in [0.25, 0.3) is 0 Å². The van der Waals surface area contributed by atoms with Crippen LogP contribution < -0.4 is 10.6 Å². The molecule has 7 heteroatoms. The molecule has 0 unspecified atom stereocenters. The Morgan fingerprint density at radius 2 is 2.11 bits per heavy atom. The second kappa shape index (κ2) is 8.15. The van der Waals surface area contributed by atoms with Crippen molar-refractivity contribution in [2.45, 2.75) is 45.2 Å². The first-order chi connectivity index (χ1) is 12.9. The Morgan fingerprint density at radius 1 is 1.37 bits per heavy atom. The molecule has 0 bridgehead atoms. The van der Waals surface area contributed by atoms with Crippen LogP contribution in [0.15, 0.2) is 29.8 Å². The van der Waals surface area contributed by atoms with Crippen molar-refractivity contribution in [3.63, 3.8) is 0 Å². The van der Waals surface area contributed by atoms with Gasteiger partial charge in [0.05, 0.1) is 11.6 Å². The summed E-state index contributed by atoms with van der Waals surface area (Å²) in [6, 6.07) is 8.01. The molecule has 2 amide bonds. The molecule has 3 heterocycles. The van der Waals surface area contributed by atoms with E-state index in [4.69, 9.17) is 0 Å². The van der Waals surface area contributed by atoms with Crippen LogP contribution in [0.25, 0.3) is 0 Å². The number of amides is 2. The van der Waals surface area contributed by atoms with Gasteiger partial charge in [-0.25, -0.2) is 4.79 Å². The number of hydrogen-bond acceptors (Lipinski definition) is 4. The van der Waals surface area contributed by atoms with Crippen molar-refractivity contribution in [2.24, 2.45) is 0 Å². The van der Waals surface area contributed by atoms with Crippen molar-refractivity contribution in [2.75, 3.05) is 25.0 Å². The largest absolute Gasteiger partial charge is 0.336 e. The Labute approximate surface area is 164 Å². The van der Waals surface area contributed by atoms with Gasteiger partial charge < -0.3 is 9.88 Å². The first-order valence-corrected chi connectivity index (χ1v) is 10.2. The van der Waals surface area contributed by atoms with Crippen LogP contribution >= 0.6 is 11.3 Å². The van der Waals surface area contributed by atoms with E-state index < -0.39 is 0 Å². The monoisotopic (exact) mass is 385 g/mol. The summed E-state index contributed by atoms with van der Waals surface area (Å²) in [4.78, 5) is 16.3. The van der Waals surface area contributed by atoms with Crippen LogP contribution in [0.5, 0.6) is 0 Å². The topological polar surface area (TPSA) is 73.1 Å². The zero-order chi connectivity index (χ0) is 19.4. The molecular formula is C20H27N5OS. The van der Waals surface area contributed by atoms with E-state index in [-0.39, 0.29) is 17.6 Å². The number of urea groups is 1. The van der Waals surface area contributed by atoms with Gasteiger partial charge in [0.15, 0.2) is 0 Å². The lowest BCUT2D eigenvalue weighted by atomic mass is 10.1. The third kappa shape index (κ3) is 4.71. The number of likely N-dealkylation sites (tertiary alicyclic amines) is 1. The third-order valence-electron chi connectivity index (χ3n) is 4.82. The number of anilines is 1. The maximum absolute atomic E-state index is 12.5. The molecule has 1 aliphatic rings. The van der Waals surface area contributed by atoms with Gasteiger partial charge in [0.2, 0.25) is 0 Å². The summed E-state index contributed by atoms with van der Waals surface area (Å²) >= 11 is 1.73. The molecule has 1 atom stereocenters. The predicted molar refractivity (Wildman–Crippen MR) is 109 cm³/mol. The quantitative estimate of drug-likeness (QED) is 0.812. The molecule has 0 radical (unpaired) electrons. The van der Waals surface area contributed by atoms with Crippen molar-refractivity contribution in [3.05, 3.63) is 40.2 Å². The minimum atomic E-state index is -0.246. The van der Waals surface area contributed by atoms with E-state index in [0.29, 0.717) is 17.9 Å². The van der Waals surface area contributed by atoms with Gasteiger partial charge >= 0.3 is 6.03 Å². The average Bonchev–Trinajstić information content (AvgIpc) is 3.36. The fraction of sp³-hybridized carbons (Fsp3) is 0.500. The molecule has 1 aliphatic heterocycles. The Kier molecular flexibility index (Phi) is 5.88.